The maximum absolute atomic E-state index is 12.6. The summed E-state index contributed by atoms with van der Waals surface area (Å²) in [7, 11) is 0. The summed E-state index contributed by atoms with van der Waals surface area (Å²) >= 11 is 0. The van der Waals surface area contributed by atoms with Gasteiger partial charge < -0.3 is 14.8 Å². The molecule has 140 valence electrons. The second kappa shape index (κ2) is 8.22. The van der Waals surface area contributed by atoms with E-state index in [0.717, 1.165) is 11.3 Å². The summed E-state index contributed by atoms with van der Waals surface area (Å²) in [6, 6.07) is 18.2. The van der Waals surface area contributed by atoms with Crippen molar-refractivity contribution in [3.05, 3.63) is 84.2 Å². The first-order valence-corrected chi connectivity index (χ1v) is 8.74. The molecule has 0 radical (unpaired) electrons. The quantitative estimate of drug-likeness (QED) is 0.541. The Bertz CT molecular complexity index is 991. The zero-order chi connectivity index (χ0) is 19.2. The van der Waals surface area contributed by atoms with Gasteiger partial charge in [0.15, 0.2) is 11.5 Å². The Hall–Kier alpha value is -3.87. The van der Waals surface area contributed by atoms with Gasteiger partial charge in [-0.3, -0.25) is 15.1 Å². The molecule has 0 fully saturated rings. The minimum absolute atomic E-state index is 0.201. The first-order chi connectivity index (χ1) is 13.8. The highest BCUT2D eigenvalue weighted by atomic mass is 16.7. The summed E-state index contributed by atoms with van der Waals surface area (Å²) in [5.74, 6) is 1.42. The molecule has 2 N–H and O–H groups in total. The summed E-state index contributed by atoms with van der Waals surface area (Å²) in [4.78, 5) is 21.1. The lowest BCUT2D eigenvalue weighted by atomic mass is 10.2. The zero-order valence-corrected chi connectivity index (χ0v) is 15.0. The number of guanidine groups is 1. The van der Waals surface area contributed by atoms with Crippen molar-refractivity contribution in [1.82, 2.24) is 10.3 Å². The number of amides is 1. The van der Waals surface area contributed by atoms with Crippen LogP contribution in [-0.4, -0.2) is 23.6 Å². The van der Waals surface area contributed by atoms with Crippen molar-refractivity contribution in [2.75, 3.05) is 12.1 Å². The van der Waals surface area contributed by atoms with Crippen LogP contribution < -0.4 is 20.1 Å². The van der Waals surface area contributed by atoms with E-state index in [0.29, 0.717) is 29.6 Å². The summed E-state index contributed by atoms with van der Waals surface area (Å²) < 4.78 is 10.7. The van der Waals surface area contributed by atoms with Crippen LogP contribution in [0, 0.1) is 0 Å². The molecule has 3 aromatic rings. The minimum atomic E-state index is -0.248. The fourth-order valence-electron chi connectivity index (χ4n) is 2.65. The van der Waals surface area contributed by atoms with Gasteiger partial charge in [-0.25, -0.2) is 4.99 Å². The van der Waals surface area contributed by atoms with Crippen molar-refractivity contribution in [2.24, 2.45) is 4.99 Å². The molecule has 0 unspecified atom stereocenters. The lowest BCUT2D eigenvalue weighted by molar-refractivity contribution is 0.0977. The van der Waals surface area contributed by atoms with Gasteiger partial charge in [0, 0.05) is 29.7 Å². The number of ether oxygens (including phenoxy) is 2. The number of nitrogens with one attached hydrogen (secondary N) is 2. The molecule has 0 atom stereocenters. The van der Waals surface area contributed by atoms with Crippen LogP contribution in [0.2, 0.25) is 0 Å². The Morgan fingerprint density at radius 1 is 1.00 bits per heavy atom. The molecule has 7 nitrogen and oxygen atoms in total. The fourth-order valence-corrected chi connectivity index (χ4v) is 2.65. The first-order valence-electron chi connectivity index (χ1n) is 8.74. The smallest absolute Gasteiger partial charge is 0.257 e. The van der Waals surface area contributed by atoms with Gasteiger partial charge in [0.1, 0.15) is 0 Å². The minimum Gasteiger partial charge on any atom is -0.454 e. The Kier molecular flexibility index (Phi) is 5.15. The van der Waals surface area contributed by atoms with Gasteiger partial charge in [0.25, 0.3) is 5.91 Å². The molecular formula is C21H18N4O3. The van der Waals surface area contributed by atoms with Crippen LogP contribution in [0.1, 0.15) is 15.9 Å². The predicted octanol–water partition coefficient (Wildman–Crippen LogP) is 3.21. The number of pyridine rings is 1. The van der Waals surface area contributed by atoms with Gasteiger partial charge in [-0.15, -0.1) is 0 Å². The van der Waals surface area contributed by atoms with Crippen LogP contribution in [0.5, 0.6) is 11.5 Å². The van der Waals surface area contributed by atoms with Crippen LogP contribution in [0.25, 0.3) is 0 Å². The van der Waals surface area contributed by atoms with E-state index in [1.54, 1.807) is 30.6 Å². The Balaban J connectivity index is 1.54. The van der Waals surface area contributed by atoms with Crippen molar-refractivity contribution in [1.29, 1.82) is 0 Å². The Labute approximate surface area is 162 Å². The maximum Gasteiger partial charge on any atom is 0.257 e. The topological polar surface area (TPSA) is 84.8 Å². The van der Waals surface area contributed by atoms with Crippen molar-refractivity contribution in [2.45, 2.75) is 6.54 Å². The lowest BCUT2D eigenvalue weighted by Gasteiger charge is -2.12. The van der Waals surface area contributed by atoms with Crippen molar-refractivity contribution >= 4 is 17.6 Å². The zero-order valence-electron chi connectivity index (χ0n) is 15.0. The van der Waals surface area contributed by atoms with E-state index in [2.05, 4.69) is 20.6 Å². The SMILES string of the molecule is O=C(NC(=NCc1ccncc1)Nc1ccc2c(c1)OCO2)c1ccccc1. The van der Waals surface area contributed by atoms with Crippen LogP contribution in [-0.2, 0) is 6.54 Å². The number of rotatable bonds is 4. The molecule has 1 amide bonds. The van der Waals surface area contributed by atoms with Gasteiger partial charge in [-0.1, -0.05) is 18.2 Å². The van der Waals surface area contributed by atoms with E-state index in [9.17, 15) is 4.79 Å². The van der Waals surface area contributed by atoms with Crippen molar-refractivity contribution < 1.29 is 14.3 Å². The highest BCUT2D eigenvalue weighted by molar-refractivity contribution is 6.10. The molecule has 0 spiro atoms. The molecule has 0 aliphatic carbocycles. The number of fused-ring (bicyclic) bond motifs is 1. The number of benzene rings is 2. The summed E-state index contributed by atoms with van der Waals surface area (Å²) in [5.41, 5.74) is 2.26. The van der Waals surface area contributed by atoms with Crippen LogP contribution >= 0.6 is 0 Å². The molecule has 0 bridgehead atoms. The third-order valence-corrected chi connectivity index (χ3v) is 4.07. The third-order valence-electron chi connectivity index (χ3n) is 4.07. The summed E-state index contributed by atoms with van der Waals surface area (Å²) in [5, 5.41) is 5.98. The number of hydrogen-bond acceptors (Lipinski definition) is 5. The van der Waals surface area contributed by atoms with E-state index in [1.165, 1.54) is 0 Å². The molecule has 28 heavy (non-hydrogen) atoms. The largest absolute Gasteiger partial charge is 0.454 e. The normalized spacial score (nSPS) is 12.5. The number of carbonyl (C=O) groups is 1. The average molecular weight is 374 g/mol. The summed E-state index contributed by atoms with van der Waals surface area (Å²) in [6.45, 7) is 0.594. The van der Waals surface area contributed by atoms with Crippen LogP contribution in [0.3, 0.4) is 0 Å². The number of nitrogens with zero attached hydrogens (tertiary/aromatic N) is 2. The van der Waals surface area contributed by atoms with Crippen molar-refractivity contribution in [3.63, 3.8) is 0 Å². The van der Waals surface area contributed by atoms with Gasteiger partial charge in [-0.05, 0) is 42.0 Å². The highest BCUT2D eigenvalue weighted by Gasteiger charge is 2.15. The third kappa shape index (κ3) is 4.27. The monoisotopic (exact) mass is 374 g/mol. The molecule has 2 heterocycles. The second-order valence-corrected chi connectivity index (χ2v) is 6.03. The summed E-state index contributed by atoms with van der Waals surface area (Å²) in [6.07, 6.45) is 3.41. The number of carbonyl (C=O) groups excluding carboxylic acids is 1. The van der Waals surface area contributed by atoms with Crippen LogP contribution in [0.15, 0.2) is 78.0 Å². The van der Waals surface area contributed by atoms with E-state index >= 15 is 0 Å². The molecule has 2 aromatic carbocycles. The van der Waals surface area contributed by atoms with E-state index in [-0.39, 0.29) is 12.7 Å². The van der Waals surface area contributed by atoms with Gasteiger partial charge >= 0.3 is 0 Å². The molecule has 1 aliphatic heterocycles. The highest BCUT2D eigenvalue weighted by Crippen LogP contribution is 2.34. The van der Waals surface area contributed by atoms with Gasteiger partial charge in [0.05, 0.1) is 6.54 Å². The predicted molar refractivity (Wildman–Crippen MR) is 105 cm³/mol. The lowest BCUT2D eigenvalue weighted by Crippen LogP contribution is -2.36. The number of aromatic nitrogens is 1. The van der Waals surface area contributed by atoms with E-state index in [4.69, 9.17) is 9.47 Å². The van der Waals surface area contributed by atoms with Crippen molar-refractivity contribution in [3.8, 4) is 11.5 Å². The average Bonchev–Trinajstić information content (AvgIpc) is 3.21. The number of aliphatic imine (C=N–C) groups is 1. The van der Waals surface area contributed by atoms with E-state index in [1.807, 2.05) is 42.5 Å². The van der Waals surface area contributed by atoms with E-state index < -0.39 is 0 Å². The molecule has 0 saturated heterocycles. The Morgan fingerprint density at radius 2 is 1.79 bits per heavy atom. The first kappa shape index (κ1) is 17.5. The second-order valence-electron chi connectivity index (χ2n) is 6.03. The molecule has 7 heteroatoms. The molecule has 0 saturated carbocycles. The molecule has 4 rings (SSSR count). The molecule has 1 aliphatic rings. The maximum atomic E-state index is 12.6. The number of hydrogen-bond donors (Lipinski definition) is 2. The molecular weight excluding hydrogens is 356 g/mol. The fraction of sp³-hybridized carbons (Fsp3) is 0.0952. The Morgan fingerprint density at radius 3 is 2.61 bits per heavy atom. The standard InChI is InChI=1S/C21H18N4O3/c26-20(16-4-2-1-3-5-16)25-21(23-13-15-8-10-22-11-9-15)24-17-6-7-18-19(12-17)28-14-27-18/h1-12H,13-14H2,(H2,23,24,25,26). The van der Waals surface area contributed by atoms with Gasteiger partial charge in [-0.2, -0.15) is 0 Å². The van der Waals surface area contributed by atoms with Crippen LogP contribution in [0.4, 0.5) is 5.69 Å². The van der Waals surface area contributed by atoms with Gasteiger partial charge in [0.2, 0.25) is 12.8 Å². The number of anilines is 1. The molecule has 1 aromatic heterocycles.